The Kier molecular flexibility index (Phi) is 7.11. The lowest BCUT2D eigenvalue weighted by atomic mass is 10.1. The first-order valence-corrected chi connectivity index (χ1v) is 12.9. The smallest absolute Gasteiger partial charge is 0.359 e. The van der Waals surface area contributed by atoms with E-state index < -0.39 is 29.2 Å². The summed E-state index contributed by atoms with van der Waals surface area (Å²) in [6, 6.07) is 12.2. The molecule has 4 aromatic rings. The molecule has 12 heteroatoms. The van der Waals surface area contributed by atoms with Crippen molar-refractivity contribution in [2.24, 2.45) is 5.92 Å². The van der Waals surface area contributed by atoms with Gasteiger partial charge in [-0.15, -0.1) is 11.3 Å². The summed E-state index contributed by atoms with van der Waals surface area (Å²) in [4.78, 5) is 53.7. The maximum atomic E-state index is 13.9. The highest BCUT2D eigenvalue weighted by Crippen LogP contribution is 2.33. The number of amides is 2. The predicted octanol–water partition coefficient (Wildman–Crippen LogP) is 3.76. The van der Waals surface area contributed by atoms with Crippen molar-refractivity contribution in [1.29, 1.82) is 0 Å². The first-order valence-electron chi connectivity index (χ1n) is 12.0. The van der Waals surface area contributed by atoms with E-state index in [0.717, 1.165) is 22.1 Å². The molecule has 1 aliphatic heterocycles. The number of nitrogens with zero attached hydrogens (tertiary/aromatic N) is 3. The number of methoxy groups -OCH3 is 1. The maximum absolute atomic E-state index is 13.9. The van der Waals surface area contributed by atoms with Crippen molar-refractivity contribution in [3.63, 3.8) is 0 Å². The number of anilines is 2. The lowest BCUT2D eigenvalue weighted by Crippen LogP contribution is -2.29. The molecule has 39 heavy (non-hydrogen) atoms. The van der Waals surface area contributed by atoms with Crippen molar-refractivity contribution >= 4 is 50.6 Å². The number of aromatic nitrogens is 2. The van der Waals surface area contributed by atoms with Gasteiger partial charge in [0.15, 0.2) is 5.69 Å². The van der Waals surface area contributed by atoms with Gasteiger partial charge in [-0.1, -0.05) is 12.1 Å². The standard InChI is InChI=1S/C27H23FN4O6S/c1-3-38-27(36)23-20-14-39-25(22(20)26(35)32(30-23)18-8-4-6-16(28)11-18)29-24(34)15-10-21(33)31(13-15)17-7-5-9-19(12-17)37-2/h4-9,11-12,14-15H,3,10,13H2,1-2H3,(H,29,34). The van der Waals surface area contributed by atoms with Crippen LogP contribution in [-0.4, -0.2) is 47.8 Å². The molecule has 1 atom stereocenters. The van der Waals surface area contributed by atoms with Crippen LogP contribution >= 0.6 is 11.3 Å². The molecule has 1 unspecified atom stereocenters. The van der Waals surface area contributed by atoms with Gasteiger partial charge in [0.1, 0.15) is 16.6 Å². The topological polar surface area (TPSA) is 120 Å². The van der Waals surface area contributed by atoms with Gasteiger partial charge in [0.25, 0.3) is 5.56 Å². The normalized spacial score (nSPS) is 15.0. The van der Waals surface area contributed by atoms with Crippen LogP contribution in [0.1, 0.15) is 23.8 Å². The number of esters is 1. The monoisotopic (exact) mass is 550 g/mol. The molecule has 10 nitrogen and oxygen atoms in total. The van der Waals surface area contributed by atoms with E-state index >= 15 is 0 Å². The van der Waals surface area contributed by atoms with Crippen LogP contribution in [0.4, 0.5) is 15.1 Å². The number of benzene rings is 2. The number of fused-ring (bicyclic) bond motifs is 1. The molecule has 1 fully saturated rings. The Balaban J connectivity index is 1.49. The Labute approximate surface area is 225 Å². The number of ether oxygens (including phenoxy) is 2. The summed E-state index contributed by atoms with van der Waals surface area (Å²) in [5.74, 6) is -2.13. The number of hydrogen-bond donors (Lipinski definition) is 1. The molecule has 3 heterocycles. The van der Waals surface area contributed by atoms with E-state index in [1.165, 1.54) is 35.6 Å². The lowest BCUT2D eigenvalue weighted by Gasteiger charge is -2.17. The van der Waals surface area contributed by atoms with Crippen LogP contribution in [0.15, 0.2) is 58.7 Å². The van der Waals surface area contributed by atoms with Gasteiger partial charge in [0.05, 0.1) is 30.7 Å². The van der Waals surface area contributed by atoms with Crippen molar-refractivity contribution in [2.45, 2.75) is 13.3 Å². The third kappa shape index (κ3) is 4.98. The second-order valence-electron chi connectivity index (χ2n) is 8.72. The molecule has 2 amide bonds. The summed E-state index contributed by atoms with van der Waals surface area (Å²) in [7, 11) is 1.53. The molecule has 0 saturated carbocycles. The summed E-state index contributed by atoms with van der Waals surface area (Å²) in [5, 5.41) is 8.87. The van der Waals surface area contributed by atoms with Crippen LogP contribution in [0.5, 0.6) is 5.75 Å². The average molecular weight is 551 g/mol. The van der Waals surface area contributed by atoms with E-state index in [2.05, 4.69) is 10.4 Å². The predicted molar refractivity (Wildman–Crippen MR) is 143 cm³/mol. The van der Waals surface area contributed by atoms with Crippen molar-refractivity contribution in [3.05, 3.63) is 75.8 Å². The molecule has 1 N–H and O–H groups in total. The van der Waals surface area contributed by atoms with E-state index in [4.69, 9.17) is 9.47 Å². The highest BCUT2D eigenvalue weighted by molar-refractivity contribution is 7.16. The second kappa shape index (κ2) is 10.7. The Hall–Kier alpha value is -4.58. The summed E-state index contributed by atoms with van der Waals surface area (Å²) in [5.41, 5.74) is -0.0843. The lowest BCUT2D eigenvalue weighted by molar-refractivity contribution is -0.122. The SMILES string of the molecule is CCOC(=O)c1nn(-c2cccc(F)c2)c(=O)c2c(NC(=O)C3CC(=O)N(c4cccc(OC)c4)C3)scc12. The Morgan fingerprint density at radius 1 is 1.15 bits per heavy atom. The molecule has 1 saturated heterocycles. The second-order valence-corrected chi connectivity index (χ2v) is 9.60. The molecule has 5 rings (SSSR count). The number of thiophene rings is 1. The Bertz CT molecular complexity index is 1670. The van der Waals surface area contributed by atoms with Crippen LogP contribution in [0.2, 0.25) is 0 Å². The summed E-state index contributed by atoms with van der Waals surface area (Å²) < 4.78 is 25.2. The van der Waals surface area contributed by atoms with Crippen molar-refractivity contribution < 1.29 is 28.2 Å². The quantitative estimate of drug-likeness (QED) is 0.348. The van der Waals surface area contributed by atoms with Crippen LogP contribution in [0.25, 0.3) is 16.5 Å². The molecule has 0 aliphatic carbocycles. The fraction of sp³-hybridized carbons (Fsp3) is 0.222. The van der Waals surface area contributed by atoms with Gasteiger partial charge in [-0.25, -0.2) is 9.18 Å². The summed E-state index contributed by atoms with van der Waals surface area (Å²) >= 11 is 1.04. The molecule has 2 aromatic carbocycles. The van der Waals surface area contributed by atoms with Crippen LogP contribution < -0.4 is 20.5 Å². The van der Waals surface area contributed by atoms with E-state index in [0.29, 0.717) is 11.4 Å². The minimum absolute atomic E-state index is 0.0183. The van der Waals surface area contributed by atoms with Crippen LogP contribution in [-0.2, 0) is 14.3 Å². The molecule has 2 aromatic heterocycles. The Morgan fingerprint density at radius 3 is 2.67 bits per heavy atom. The highest BCUT2D eigenvalue weighted by Gasteiger charge is 2.36. The zero-order chi connectivity index (χ0) is 27.7. The largest absolute Gasteiger partial charge is 0.497 e. The van der Waals surface area contributed by atoms with E-state index in [9.17, 15) is 23.6 Å². The third-order valence-corrected chi connectivity index (χ3v) is 7.17. The highest BCUT2D eigenvalue weighted by atomic mass is 32.1. The number of carbonyl (C=O) groups is 3. The number of nitrogens with one attached hydrogen (secondary N) is 1. The number of hydrogen-bond acceptors (Lipinski definition) is 8. The zero-order valence-corrected chi connectivity index (χ0v) is 21.8. The molecule has 1 aliphatic rings. The maximum Gasteiger partial charge on any atom is 0.359 e. The third-order valence-electron chi connectivity index (χ3n) is 6.27. The fourth-order valence-corrected chi connectivity index (χ4v) is 5.34. The number of carbonyl (C=O) groups excluding carboxylic acids is 3. The van der Waals surface area contributed by atoms with Gasteiger partial charge < -0.3 is 19.7 Å². The first kappa shape index (κ1) is 26.0. The van der Waals surface area contributed by atoms with Gasteiger partial charge in [0, 0.05) is 35.5 Å². The van der Waals surface area contributed by atoms with Gasteiger partial charge in [-0.2, -0.15) is 9.78 Å². The van der Waals surface area contributed by atoms with Gasteiger partial charge in [-0.05, 0) is 37.3 Å². The zero-order valence-electron chi connectivity index (χ0n) is 21.0. The number of rotatable bonds is 7. The van der Waals surface area contributed by atoms with Gasteiger partial charge in [0.2, 0.25) is 11.8 Å². The molecule has 0 radical (unpaired) electrons. The summed E-state index contributed by atoms with van der Waals surface area (Å²) in [6.07, 6.45) is -0.0183. The van der Waals surface area contributed by atoms with Crippen LogP contribution in [0.3, 0.4) is 0 Å². The molecule has 0 spiro atoms. The van der Waals surface area contributed by atoms with Crippen LogP contribution in [0, 0.1) is 11.7 Å². The van der Waals surface area contributed by atoms with Crippen molar-refractivity contribution in [3.8, 4) is 11.4 Å². The average Bonchev–Trinajstić information content (AvgIpc) is 3.53. The van der Waals surface area contributed by atoms with Gasteiger partial charge >= 0.3 is 5.97 Å². The fourth-order valence-electron chi connectivity index (χ4n) is 4.40. The molecular weight excluding hydrogens is 527 g/mol. The van der Waals surface area contributed by atoms with E-state index in [1.54, 1.807) is 31.2 Å². The van der Waals surface area contributed by atoms with Crippen molar-refractivity contribution in [1.82, 2.24) is 9.78 Å². The Morgan fingerprint density at radius 2 is 1.92 bits per heavy atom. The van der Waals surface area contributed by atoms with Crippen molar-refractivity contribution in [2.75, 3.05) is 30.5 Å². The molecular formula is C27H23FN4O6S. The van der Waals surface area contributed by atoms with Gasteiger partial charge in [-0.3, -0.25) is 14.4 Å². The minimum atomic E-state index is -0.765. The number of halogens is 1. The van der Waals surface area contributed by atoms with E-state index in [-0.39, 0.29) is 52.6 Å². The first-order chi connectivity index (χ1) is 18.8. The minimum Gasteiger partial charge on any atom is -0.497 e. The molecule has 0 bridgehead atoms. The molecule has 200 valence electrons. The summed E-state index contributed by atoms with van der Waals surface area (Å²) in [6.45, 7) is 1.85. The van der Waals surface area contributed by atoms with E-state index in [1.807, 2.05) is 0 Å².